The van der Waals surface area contributed by atoms with E-state index in [9.17, 15) is 10.1 Å². The number of benzene rings is 2. The van der Waals surface area contributed by atoms with Gasteiger partial charge in [-0.2, -0.15) is 5.26 Å². The number of hydrogen-bond acceptors (Lipinski definition) is 3. The van der Waals surface area contributed by atoms with E-state index in [2.05, 4.69) is 6.07 Å². The highest BCUT2D eigenvalue weighted by molar-refractivity contribution is 5.94. The number of ether oxygens (including phenoxy) is 1. The van der Waals surface area contributed by atoms with Gasteiger partial charge in [0.15, 0.2) is 0 Å². The van der Waals surface area contributed by atoms with Crippen molar-refractivity contribution in [3.8, 4) is 6.07 Å². The predicted octanol–water partition coefficient (Wildman–Crippen LogP) is 5.42. The first-order valence-electron chi connectivity index (χ1n) is 8.73. The number of aryl methyl sites for hydroxylation is 1. The Morgan fingerprint density at radius 2 is 1.85 bits per heavy atom. The largest absolute Gasteiger partial charge is 0.457 e. The molecule has 0 aliphatic rings. The molecule has 0 saturated heterocycles. The normalized spacial score (nSPS) is 13.0. The molecule has 0 spiro atoms. The van der Waals surface area contributed by atoms with E-state index >= 15 is 0 Å². The van der Waals surface area contributed by atoms with Crippen LogP contribution in [0.4, 0.5) is 0 Å². The third-order valence-electron chi connectivity index (χ3n) is 3.83. The molecule has 0 heterocycles. The Balaban J connectivity index is 2.37. The van der Waals surface area contributed by atoms with Gasteiger partial charge in [0.25, 0.3) is 0 Å². The minimum atomic E-state index is -0.586. The highest BCUT2D eigenvalue weighted by atomic mass is 16.6. The Hall–Kier alpha value is -2.86. The van der Waals surface area contributed by atoms with Gasteiger partial charge < -0.3 is 4.74 Å². The lowest BCUT2D eigenvalue weighted by molar-refractivity contribution is -0.149. The van der Waals surface area contributed by atoms with Gasteiger partial charge in [-0.3, -0.25) is 0 Å². The van der Waals surface area contributed by atoms with Gasteiger partial charge in [-0.25, -0.2) is 4.79 Å². The zero-order chi connectivity index (χ0) is 19.2. The quantitative estimate of drug-likeness (QED) is 0.536. The average molecular weight is 347 g/mol. The second-order valence-electron chi connectivity index (χ2n) is 7.38. The van der Waals surface area contributed by atoms with E-state index in [0.29, 0.717) is 12.0 Å². The van der Waals surface area contributed by atoms with Crippen LogP contribution in [0.5, 0.6) is 0 Å². The minimum absolute atomic E-state index is 0.309. The molecule has 0 N–H and O–H groups in total. The molecule has 0 bridgehead atoms. The number of esters is 1. The van der Waals surface area contributed by atoms with Crippen molar-refractivity contribution >= 4 is 12.0 Å². The minimum Gasteiger partial charge on any atom is -0.457 e. The van der Waals surface area contributed by atoms with Crippen LogP contribution in [0.25, 0.3) is 6.08 Å². The van der Waals surface area contributed by atoms with Crippen molar-refractivity contribution in [2.24, 2.45) is 0 Å². The van der Waals surface area contributed by atoms with Gasteiger partial charge in [0.2, 0.25) is 0 Å². The molecule has 134 valence electrons. The van der Waals surface area contributed by atoms with Crippen molar-refractivity contribution in [3.05, 3.63) is 76.9 Å². The molecule has 3 nitrogen and oxygen atoms in total. The molecular weight excluding hydrogens is 322 g/mol. The summed E-state index contributed by atoms with van der Waals surface area (Å²) in [5, 5.41) is 9.62. The summed E-state index contributed by atoms with van der Waals surface area (Å²) in [6, 6.07) is 19.8. The maximum absolute atomic E-state index is 12.7. The molecule has 0 aliphatic carbocycles. The number of rotatable bonds is 5. The highest BCUT2D eigenvalue weighted by Gasteiger charge is 2.23. The van der Waals surface area contributed by atoms with E-state index in [1.807, 2.05) is 88.4 Å². The molecule has 2 aromatic rings. The van der Waals surface area contributed by atoms with Gasteiger partial charge in [-0.15, -0.1) is 0 Å². The van der Waals surface area contributed by atoms with Crippen LogP contribution in [0, 0.1) is 18.3 Å². The fourth-order valence-corrected chi connectivity index (χ4v) is 2.65. The first-order chi connectivity index (χ1) is 12.3. The van der Waals surface area contributed by atoms with Crippen molar-refractivity contribution in [1.82, 2.24) is 0 Å². The number of carbonyl (C=O) groups is 1. The monoisotopic (exact) mass is 347 g/mol. The van der Waals surface area contributed by atoms with Crippen LogP contribution in [0.3, 0.4) is 0 Å². The van der Waals surface area contributed by atoms with E-state index < -0.39 is 11.5 Å². The van der Waals surface area contributed by atoms with Crippen LogP contribution in [-0.2, 0) is 9.53 Å². The van der Waals surface area contributed by atoms with Crippen LogP contribution in [-0.4, -0.2) is 11.6 Å². The predicted molar refractivity (Wildman–Crippen MR) is 104 cm³/mol. The summed E-state index contributed by atoms with van der Waals surface area (Å²) in [4.78, 5) is 12.7. The van der Waals surface area contributed by atoms with Crippen LogP contribution >= 0.6 is 0 Å². The van der Waals surface area contributed by atoms with Crippen molar-refractivity contribution in [3.63, 3.8) is 0 Å². The summed E-state index contributed by atoms with van der Waals surface area (Å²) in [7, 11) is 0. The van der Waals surface area contributed by atoms with Gasteiger partial charge in [-0.05, 0) is 51.3 Å². The molecule has 0 radical (unpaired) electrons. The summed E-state index contributed by atoms with van der Waals surface area (Å²) in [6.07, 6.45) is 2.14. The second-order valence-corrected chi connectivity index (χ2v) is 7.38. The smallest absolute Gasteiger partial charge is 0.334 e. The van der Waals surface area contributed by atoms with Crippen molar-refractivity contribution in [2.45, 2.75) is 45.6 Å². The molecule has 3 heteroatoms. The molecule has 0 aromatic heterocycles. The van der Waals surface area contributed by atoms with Gasteiger partial charge >= 0.3 is 5.97 Å². The summed E-state index contributed by atoms with van der Waals surface area (Å²) < 4.78 is 5.57. The summed E-state index contributed by atoms with van der Waals surface area (Å²) in [6.45, 7) is 7.53. The summed E-state index contributed by atoms with van der Waals surface area (Å²) in [5.74, 6) is -0.782. The zero-order valence-electron chi connectivity index (χ0n) is 15.8. The lowest BCUT2D eigenvalue weighted by atomic mass is 9.92. The second kappa shape index (κ2) is 8.49. The Bertz CT molecular complexity index is 823. The summed E-state index contributed by atoms with van der Waals surface area (Å²) >= 11 is 0. The van der Waals surface area contributed by atoms with Gasteiger partial charge in [0, 0.05) is 5.57 Å². The number of hydrogen-bond donors (Lipinski definition) is 0. The Morgan fingerprint density at radius 1 is 1.15 bits per heavy atom. The fraction of sp³-hybridized carbons (Fsp3) is 0.304. The molecule has 0 fully saturated rings. The standard InChI is InChI=1S/C23H25NO2/c1-17-9-8-10-18(13-17)14-20(22(25)26-23(2,3)4)15-21(16-24)19-11-6-5-7-12-19/h5-14,21H,15H2,1-4H3/b20-14+. The highest BCUT2D eigenvalue weighted by Crippen LogP contribution is 2.26. The molecule has 2 aromatic carbocycles. The van der Waals surface area contributed by atoms with Gasteiger partial charge in [-0.1, -0.05) is 60.2 Å². The van der Waals surface area contributed by atoms with Crippen molar-refractivity contribution < 1.29 is 9.53 Å². The fourth-order valence-electron chi connectivity index (χ4n) is 2.65. The number of nitriles is 1. The molecular formula is C23H25NO2. The average Bonchev–Trinajstić information content (AvgIpc) is 2.58. The maximum Gasteiger partial charge on any atom is 0.334 e. The van der Waals surface area contributed by atoms with E-state index in [-0.39, 0.29) is 5.97 Å². The number of nitrogens with zero attached hydrogens (tertiary/aromatic N) is 1. The topological polar surface area (TPSA) is 50.1 Å². The van der Waals surface area contributed by atoms with Crippen LogP contribution in [0.2, 0.25) is 0 Å². The van der Waals surface area contributed by atoms with E-state index in [1.54, 1.807) is 0 Å². The molecule has 0 saturated carbocycles. The number of carbonyl (C=O) groups excluding carboxylic acids is 1. The van der Waals surface area contributed by atoms with E-state index in [4.69, 9.17) is 4.74 Å². The molecule has 0 amide bonds. The SMILES string of the molecule is Cc1cccc(/C=C(\CC(C#N)c2ccccc2)C(=O)OC(C)(C)C)c1. The molecule has 0 aliphatic heterocycles. The molecule has 2 rings (SSSR count). The summed E-state index contributed by atoms with van der Waals surface area (Å²) in [5.41, 5.74) is 2.85. The third kappa shape index (κ3) is 5.89. The van der Waals surface area contributed by atoms with E-state index in [0.717, 1.165) is 16.7 Å². The maximum atomic E-state index is 12.7. The van der Waals surface area contributed by atoms with Crippen LogP contribution < -0.4 is 0 Å². The van der Waals surface area contributed by atoms with E-state index in [1.165, 1.54) is 0 Å². The zero-order valence-corrected chi connectivity index (χ0v) is 15.8. The lowest BCUT2D eigenvalue weighted by Gasteiger charge is -2.21. The van der Waals surface area contributed by atoms with Gasteiger partial charge in [0.05, 0.1) is 12.0 Å². The van der Waals surface area contributed by atoms with Crippen molar-refractivity contribution in [1.29, 1.82) is 5.26 Å². The van der Waals surface area contributed by atoms with Crippen LogP contribution in [0.1, 0.15) is 49.8 Å². The Morgan fingerprint density at radius 3 is 2.42 bits per heavy atom. The molecule has 1 atom stereocenters. The molecule has 1 unspecified atom stereocenters. The van der Waals surface area contributed by atoms with Crippen molar-refractivity contribution in [2.75, 3.05) is 0 Å². The lowest BCUT2D eigenvalue weighted by Crippen LogP contribution is -2.25. The first-order valence-corrected chi connectivity index (χ1v) is 8.73. The first kappa shape index (κ1) is 19.5. The van der Waals surface area contributed by atoms with Gasteiger partial charge in [0.1, 0.15) is 5.60 Å². The van der Waals surface area contributed by atoms with Crippen LogP contribution in [0.15, 0.2) is 60.2 Å². The Kier molecular flexibility index (Phi) is 6.36. The Labute approximate surface area is 155 Å². The third-order valence-corrected chi connectivity index (χ3v) is 3.83. The molecule has 26 heavy (non-hydrogen) atoms.